The highest BCUT2D eigenvalue weighted by Gasteiger charge is 2.15. The lowest BCUT2D eigenvalue weighted by Gasteiger charge is -2.19. The number of fused-ring (bicyclic) bond motifs is 1. The number of anilines is 2. The van der Waals surface area contributed by atoms with Gasteiger partial charge in [0.15, 0.2) is 0 Å². The van der Waals surface area contributed by atoms with Crippen LogP contribution >= 0.6 is 0 Å². The van der Waals surface area contributed by atoms with Crippen molar-refractivity contribution in [2.24, 2.45) is 0 Å². The highest BCUT2D eigenvalue weighted by atomic mass is 15.1. The minimum atomic E-state index is 0.0755. The van der Waals surface area contributed by atoms with Crippen LogP contribution in [0.2, 0.25) is 0 Å². The summed E-state index contributed by atoms with van der Waals surface area (Å²) in [5.41, 5.74) is 2.95. The fraction of sp³-hybridized carbons (Fsp3) is 0.235. The Kier molecular flexibility index (Phi) is 3.30. The molecule has 3 rings (SSSR count). The Hall–Kier alpha value is -2.87. The average Bonchev–Trinajstić information content (AvgIpc) is 2.95. The SMILES string of the molecule is [C-]#[N+]c1cn2ccnc2c(Nc2cccc(C(C)(C)C)c2)n1. The molecular formula is C17H17N5. The van der Waals surface area contributed by atoms with Gasteiger partial charge >= 0.3 is 0 Å². The Morgan fingerprint density at radius 3 is 2.82 bits per heavy atom. The highest BCUT2D eigenvalue weighted by Crippen LogP contribution is 2.27. The van der Waals surface area contributed by atoms with E-state index in [4.69, 9.17) is 6.57 Å². The lowest BCUT2D eigenvalue weighted by atomic mass is 9.87. The van der Waals surface area contributed by atoms with Crippen molar-refractivity contribution in [1.82, 2.24) is 14.4 Å². The maximum Gasteiger partial charge on any atom is 0.288 e. The van der Waals surface area contributed by atoms with E-state index in [9.17, 15) is 0 Å². The Bertz CT molecular complexity index is 865. The van der Waals surface area contributed by atoms with Gasteiger partial charge in [0.1, 0.15) is 0 Å². The summed E-state index contributed by atoms with van der Waals surface area (Å²) >= 11 is 0. The van der Waals surface area contributed by atoms with Crippen molar-refractivity contribution < 1.29 is 0 Å². The number of hydrogen-bond donors (Lipinski definition) is 1. The molecule has 0 unspecified atom stereocenters. The molecule has 0 saturated carbocycles. The molecular weight excluding hydrogens is 274 g/mol. The molecule has 1 aromatic carbocycles. The molecule has 0 atom stereocenters. The Morgan fingerprint density at radius 1 is 1.27 bits per heavy atom. The van der Waals surface area contributed by atoms with Gasteiger partial charge in [0.25, 0.3) is 11.6 Å². The van der Waals surface area contributed by atoms with Crippen LogP contribution in [0.1, 0.15) is 26.3 Å². The Labute approximate surface area is 129 Å². The molecule has 0 saturated heterocycles. The van der Waals surface area contributed by atoms with Gasteiger partial charge in [0.2, 0.25) is 5.65 Å². The number of imidazole rings is 1. The summed E-state index contributed by atoms with van der Waals surface area (Å²) in [4.78, 5) is 12.0. The lowest BCUT2D eigenvalue weighted by Crippen LogP contribution is -2.11. The zero-order chi connectivity index (χ0) is 15.7. The number of aromatic nitrogens is 3. The Balaban J connectivity index is 2.03. The molecule has 0 fully saturated rings. The first-order chi connectivity index (χ1) is 10.5. The summed E-state index contributed by atoms with van der Waals surface area (Å²) < 4.78 is 1.80. The van der Waals surface area contributed by atoms with Crippen LogP contribution in [-0.2, 0) is 5.41 Å². The van der Waals surface area contributed by atoms with E-state index in [-0.39, 0.29) is 5.41 Å². The van der Waals surface area contributed by atoms with Gasteiger partial charge in [0.05, 0.1) is 0 Å². The first kappa shape index (κ1) is 14.1. The standard InChI is InChI=1S/C17H17N5/c1-17(2,3)12-6-5-7-13(10-12)20-15-16-19-8-9-22(16)11-14(18-4)21-15/h5-11H,1-3H3,(H,20,21). The molecule has 2 aromatic heterocycles. The van der Waals surface area contributed by atoms with Gasteiger partial charge < -0.3 is 14.6 Å². The second kappa shape index (κ2) is 5.15. The second-order valence-electron chi connectivity index (χ2n) is 6.17. The van der Waals surface area contributed by atoms with Crippen LogP contribution in [0.5, 0.6) is 0 Å². The minimum absolute atomic E-state index is 0.0755. The molecule has 0 amide bonds. The van der Waals surface area contributed by atoms with Crippen LogP contribution in [-0.4, -0.2) is 14.4 Å². The quantitative estimate of drug-likeness (QED) is 0.715. The molecule has 5 nitrogen and oxygen atoms in total. The van der Waals surface area contributed by atoms with Crippen molar-refractivity contribution in [2.45, 2.75) is 26.2 Å². The second-order valence-corrected chi connectivity index (χ2v) is 6.17. The number of benzene rings is 1. The van der Waals surface area contributed by atoms with Gasteiger partial charge in [-0.1, -0.05) is 44.5 Å². The van der Waals surface area contributed by atoms with Crippen LogP contribution in [0.4, 0.5) is 17.3 Å². The van der Waals surface area contributed by atoms with Crippen molar-refractivity contribution >= 4 is 23.0 Å². The van der Waals surface area contributed by atoms with Crippen LogP contribution in [0, 0.1) is 6.57 Å². The number of nitrogens with zero attached hydrogens (tertiary/aromatic N) is 4. The molecule has 0 aliphatic carbocycles. The van der Waals surface area contributed by atoms with E-state index in [0.29, 0.717) is 17.3 Å². The third-order valence-corrected chi connectivity index (χ3v) is 3.47. The van der Waals surface area contributed by atoms with Gasteiger partial charge in [0, 0.05) is 24.3 Å². The van der Waals surface area contributed by atoms with Crippen molar-refractivity contribution in [3.63, 3.8) is 0 Å². The van der Waals surface area contributed by atoms with Gasteiger partial charge in [-0.05, 0) is 23.1 Å². The smallest absolute Gasteiger partial charge is 0.288 e. The predicted molar refractivity (Wildman–Crippen MR) is 87.7 cm³/mol. The van der Waals surface area contributed by atoms with Crippen molar-refractivity contribution in [3.05, 3.63) is 59.8 Å². The molecule has 5 heteroatoms. The predicted octanol–water partition coefficient (Wildman–Crippen LogP) is 4.32. The number of hydrogen-bond acceptors (Lipinski definition) is 3. The van der Waals surface area contributed by atoms with Crippen molar-refractivity contribution in [1.29, 1.82) is 0 Å². The van der Waals surface area contributed by atoms with Gasteiger partial charge in [-0.3, -0.25) is 0 Å². The average molecular weight is 291 g/mol. The Morgan fingerprint density at radius 2 is 2.09 bits per heavy atom. The summed E-state index contributed by atoms with van der Waals surface area (Å²) in [6, 6.07) is 8.22. The first-order valence-electron chi connectivity index (χ1n) is 7.06. The largest absolute Gasteiger partial charge is 0.359 e. The van der Waals surface area contributed by atoms with E-state index in [1.54, 1.807) is 16.8 Å². The zero-order valence-corrected chi connectivity index (χ0v) is 12.8. The molecule has 0 radical (unpaired) electrons. The zero-order valence-electron chi connectivity index (χ0n) is 12.8. The van der Waals surface area contributed by atoms with Gasteiger partial charge in [-0.15, -0.1) is 0 Å². The first-order valence-corrected chi connectivity index (χ1v) is 7.06. The number of nitrogens with one attached hydrogen (secondary N) is 1. The third-order valence-electron chi connectivity index (χ3n) is 3.47. The van der Waals surface area contributed by atoms with Gasteiger partial charge in [-0.25, -0.2) is 4.98 Å². The summed E-state index contributed by atoms with van der Waals surface area (Å²) in [5.74, 6) is 0.921. The summed E-state index contributed by atoms with van der Waals surface area (Å²) in [6.07, 6.45) is 5.18. The molecule has 0 spiro atoms. The van der Waals surface area contributed by atoms with Crippen molar-refractivity contribution in [3.8, 4) is 0 Å². The maximum absolute atomic E-state index is 7.17. The molecule has 110 valence electrons. The van der Waals surface area contributed by atoms with E-state index >= 15 is 0 Å². The summed E-state index contributed by atoms with van der Waals surface area (Å²) in [6.45, 7) is 13.7. The van der Waals surface area contributed by atoms with Crippen LogP contribution in [0.25, 0.3) is 10.5 Å². The molecule has 0 aliphatic rings. The molecule has 0 bridgehead atoms. The lowest BCUT2D eigenvalue weighted by molar-refractivity contribution is 0.590. The van der Waals surface area contributed by atoms with E-state index < -0.39 is 0 Å². The van der Waals surface area contributed by atoms with Gasteiger partial charge in [-0.2, -0.15) is 0 Å². The van der Waals surface area contributed by atoms with E-state index in [1.807, 2.05) is 18.3 Å². The topological polar surface area (TPSA) is 46.6 Å². The van der Waals surface area contributed by atoms with Crippen LogP contribution in [0.15, 0.2) is 42.9 Å². The minimum Gasteiger partial charge on any atom is -0.359 e. The molecule has 22 heavy (non-hydrogen) atoms. The summed E-state index contributed by atoms with van der Waals surface area (Å²) in [5, 5.41) is 3.28. The third kappa shape index (κ3) is 2.63. The summed E-state index contributed by atoms with van der Waals surface area (Å²) in [7, 11) is 0. The normalized spacial score (nSPS) is 11.4. The molecule has 1 N–H and O–H groups in total. The fourth-order valence-corrected chi connectivity index (χ4v) is 2.26. The van der Waals surface area contributed by atoms with E-state index in [1.165, 1.54) is 5.56 Å². The number of rotatable bonds is 2. The van der Waals surface area contributed by atoms with Crippen LogP contribution in [0.3, 0.4) is 0 Å². The molecule has 3 aromatic rings. The van der Waals surface area contributed by atoms with E-state index in [0.717, 1.165) is 5.69 Å². The highest BCUT2D eigenvalue weighted by molar-refractivity contribution is 5.72. The monoisotopic (exact) mass is 291 g/mol. The fourth-order valence-electron chi connectivity index (χ4n) is 2.26. The molecule has 2 heterocycles. The van der Waals surface area contributed by atoms with Crippen molar-refractivity contribution in [2.75, 3.05) is 5.32 Å². The van der Waals surface area contributed by atoms with Crippen LogP contribution < -0.4 is 5.32 Å². The van der Waals surface area contributed by atoms with E-state index in [2.05, 4.69) is 53.0 Å². The molecule has 0 aliphatic heterocycles. The maximum atomic E-state index is 7.17.